The molecule has 1 saturated carbocycles. The van der Waals surface area contributed by atoms with Gasteiger partial charge in [0.25, 0.3) is 0 Å². The highest BCUT2D eigenvalue weighted by atomic mass is 16.5. The van der Waals surface area contributed by atoms with Crippen LogP contribution in [0.5, 0.6) is 0 Å². The molecule has 4 rings (SSSR count). The molecule has 0 unspecified atom stereocenters. The first-order valence-corrected chi connectivity index (χ1v) is 8.65. The molecule has 4 nitrogen and oxygen atoms in total. The molecule has 1 aromatic heterocycles. The number of nitrogens with one attached hydrogen (secondary N) is 2. The minimum absolute atomic E-state index is 0.0641. The number of carbonyl (C=O) groups excluding carboxylic acids is 1. The predicted molar refractivity (Wildman–Crippen MR) is 90.4 cm³/mol. The smallest absolute Gasteiger partial charge is 0.224 e. The van der Waals surface area contributed by atoms with E-state index >= 15 is 0 Å². The van der Waals surface area contributed by atoms with Crippen LogP contribution < -0.4 is 5.32 Å². The van der Waals surface area contributed by atoms with Gasteiger partial charge in [-0.3, -0.25) is 4.79 Å². The Morgan fingerprint density at radius 3 is 2.96 bits per heavy atom. The number of aromatic nitrogens is 1. The number of para-hydroxylation sites is 1. The SMILES string of the molecule is Cc1[nH]c2ccccc2c1CC(=O)N[C@H]1COC2(CCCC2)C1. The number of hydrogen-bond acceptors (Lipinski definition) is 2. The maximum atomic E-state index is 12.5. The third kappa shape index (κ3) is 2.76. The van der Waals surface area contributed by atoms with Crippen molar-refractivity contribution in [2.24, 2.45) is 0 Å². The molecule has 23 heavy (non-hydrogen) atoms. The summed E-state index contributed by atoms with van der Waals surface area (Å²) < 4.78 is 6.02. The maximum Gasteiger partial charge on any atom is 0.224 e. The van der Waals surface area contributed by atoms with Crippen LogP contribution in [0.4, 0.5) is 0 Å². The molecule has 2 heterocycles. The summed E-state index contributed by atoms with van der Waals surface area (Å²) in [5.74, 6) is 0.0986. The van der Waals surface area contributed by atoms with Crippen LogP contribution in [-0.4, -0.2) is 29.1 Å². The van der Waals surface area contributed by atoms with Gasteiger partial charge in [-0.15, -0.1) is 0 Å². The highest BCUT2D eigenvalue weighted by molar-refractivity contribution is 5.90. The van der Waals surface area contributed by atoms with Gasteiger partial charge in [0.2, 0.25) is 5.91 Å². The zero-order valence-corrected chi connectivity index (χ0v) is 13.7. The lowest BCUT2D eigenvalue weighted by atomic mass is 9.96. The second-order valence-electron chi connectivity index (χ2n) is 7.12. The fraction of sp³-hybridized carbons (Fsp3) is 0.526. The monoisotopic (exact) mass is 312 g/mol. The zero-order chi connectivity index (χ0) is 15.9. The highest BCUT2D eigenvalue weighted by Crippen LogP contribution is 2.40. The number of hydrogen-bond donors (Lipinski definition) is 2. The Labute approximate surface area is 136 Å². The Hall–Kier alpha value is -1.81. The van der Waals surface area contributed by atoms with Gasteiger partial charge in [-0.2, -0.15) is 0 Å². The van der Waals surface area contributed by atoms with Gasteiger partial charge in [0, 0.05) is 16.6 Å². The summed E-state index contributed by atoms with van der Waals surface area (Å²) in [5, 5.41) is 4.33. The summed E-state index contributed by atoms with van der Waals surface area (Å²) in [5.41, 5.74) is 3.35. The van der Waals surface area contributed by atoms with E-state index in [2.05, 4.69) is 22.4 Å². The van der Waals surface area contributed by atoms with Crippen molar-refractivity contribution < 1.29 is 9.53 Å². The zero-order valence-electron chi connectivity index (χ0n) is 13.7. The fourth-order valence-electron chi connectivity index (χ4n) is 4.31. The maximum absolute atomic E-state index is 12.5. The Morgan fingerprint density at radius 1 is 1.35 bits per heavy atom. The van der Waals surface area contributed by atoms with Crippen molar-refractivity contribution in [1.82, 2.24) is 10.3 Å². The van der Waals surface area contributed by atoms with Crippen LogP contribution in [0.1, 0.15) is 43.4 Å². The standard InChI is InChI=1S/C19H24N2O2/c1-13-16(15-6-2-3-7-17(15)20-13)10-18(22)21-14-11-19(23-12-14)8-4-5-9-19/h2-3,6-7,14,20H,4-5,8-12H2,1H3,(H,21,22)/t14-/m1/s1. The van der Waals surface area contributed by atoms with Crippen molar-refractivity contribution in [3.63, 3.8) is 0 Å². The minimum Gasteiger partial charge on any atom is -0.373 e. The lowest BCUT2D eigenvalue weighted by Crippen LogP contribution is -2.37. The summed E-state index contributed by atoms with van der Waals surface area (Å²) in [4.78, 5) is 15.8. The average molecular weight is 312 g/mol. The van der Waals surface area contributed by atoms with E-state index in [1.807, 2.05) is 19.1 Å². The van der Waals surface area contributed by atoms with Gasteiger partial charge in [0.1, 0.15) is 0 Å². The molecule has 1 amide bonds. The fourth-order valence-corrected chi connectivity index (χ4v) is 4.31. The molecular weight excluding hydrogens is 288 g/mol. The molecule has 122 valence electrons. The average Bonchev–Trinajstić information content (AvgIpc) is 3.22. The van der Waals surface area contributed by atoms with E-state index in [4.69, 9.17) is 4.74 Å². The number of benzene rings is 1. The molecule has 2 fully saturated rings. The van der Waals surface area contributed by atoms with Gasteiger partial charge in [-0.1, -0.05) is 31.0 Å². The Bertz CT molecular complexity index is 728. The largest absolute Gasteiger partial charge is 0.373 e. The van der Waals surface area contributed by atoms with Crippen LogP contribution >= 0.6 is 0 Å². The van der Waals surface area contributed by atoms with Gasteiger partial charge in [0.05, 0.1) is 24.7 Å². The van der Waals surface area contributed by atoms with E-state index in [0.29, 0.717) is 13.0 Å². The van der Waals surface area contributed by atoms with Crippen LogP contribution in [0.2, 0.25) is 0 Å². The molecule has 1 aliphatic carbocycles. The first-order chi connectivity index (χ1) is 11.2. The van der Waals surface area contributed by atoms with Gasteiger partial charge in [-0.25, -0.2) is 0 Å². The van der Waals surface area contributed by atoms with E-state index in [-0.39, 0.29) is 17.6 Å². The van der Waals surface area contributed by atoms with E-state index in [1.165, 1.54) is 12.8 Å². The first kappa shape index (κ1) is 14.8. The third-order valence-electron chi connectivity index (χ3n) is 5.45. The normalized spacial score (nSPS) is 22.9. The second kappa shape index (κ2) is 5.68. The van der Waals surface area contributed by atoms with Crippen molar-refractivity contribution in [2.75, 3.05) is 6.61 Å². The van der Waals surface area contributed by atoms with Gasteiger partial charge < -0.3 is 15.0 Å². The van der Waals surface area contributed by atoms with Crippen LogP contribution in [0.25, 0.3) is 10.9 Å². The Morgan fingerprint density at radius 2 is 2.13 bits per heavy atom. The van der Waals surface area contributed by atoms with Crippen molar-refractivity contribution in [1.29, 1.82) is 0 Å². The number of carbonyl (C=O) groups is 1. The van der Waals surface area contributed by atoms with Gasteiger partial charge in [0.15, 0.2) is 0 Å². The number of rotatable bonds is 3. The minimum atomic E-state index is 0.0641. The number of H-pyrrole nitrogens is 1. The van der Waals surface area contributed by atoms with E-state index < -0.39 is 0 Å². The van der Waals surface area contributed by atoms with E-state index in [1.54, 1.807) is 0 Å². The van der Waals surface area contributed by atoms with Crippen molar-refractivity contribution in [2.45, 2.75) is 57.1 Å². The number of fused-ring (bicyclic) bond motifs is 1. The molecule has 0 bridgehead atoms. The summed E-state index contributed by atoms with van der Waals surface area (Å²) >= 11 is 0. The van der Waals surface area contributed by atoms with Crippen LogP contribution in [0.15, 0.2) is 24.3 Å². The van der Waals surface area contributed by atoms with E-state index in [9.17, 15) is 4.79 Å². The Balaban J connectivity index is 1.43. The van der Waals surface area contributed by atoms with Crippen molar-refractivity contribution in [3.8, 4) is 0 Å². The first-order valence-electron chi connectivity index (χ1n) is 8.65. The van der Waals surface area contributed by atoms with Crippen molar-refractivity contribution in [3.05, 3.63) is 35.5 Å². The topological polar surface area (TPSA) is 54.1 Å². The molecular formula is C19H24N2O2. The molecule has 1 aliphatic heterocycles. The number of ether oxygens (including phenoxy) is 1. The molecule has 1 atom stereocenters. The lowest BCUT2D eigenvalue weighted by Gasteiger charge is -2.21. The quantitative estimate of drug-likeness (QED) is 0.914. The van der Waals surface area contributed by atoms with Crippen molar-refractivity contribution >= 4 is 16.8 Å². The van der Waals surface area contributed by atoms with Crippen LogP contribution in [0, 0.1) is 6.92 Å². The molecule has 1 spiro atoms. The predicted octanol–water partition coefficient (Wildman–Crippen LogP) is 3.24. The molecule has 0 radical (unpaired) electrons. The highest BCUT2D eigenvalue weighted by Gasteiger charge is 2.42. The summed E-state index contributed by atoms with van der Waals surface area (Å²) in [6.07, 6.45) is 6.23. The summed E-state index contributed by atoms with van der Waals surface area (Å²) in [6.45, 7) is 2.70. The second-order valence-corrected chi connectivity index (χ2v) is 7.12. The number of aryl methyl sites for hydroxylation is 1. The van der Waals surface area contributed by atoms with Gasteiger partial charge >= 0.3 is 0 Å². The van der Waals surface area contributed by atoms with Crippen LogP contribution in [-0.2, 0) is 16.0 Å². The molecule has 4 heteroatoms. The third-order valence-corrected chi connectivity index (χ3v) is 5.45. The lowest BCUT2D eigenvalue weighted by molar-refractivity contribution is -0.121. The van der Waals surface area contributed by atoms with Gasteiger partial charge in [-0.05, 0) is 37.8 Å². The number of aromatic amines is 1. The molecule has 1 aromatic carbocycles. The Kier molecular flexibility index (Phi) is 3.64. The molecule has 2 aliphatic rings. The van der Waals surface area contributed by atoms with E-state index in [0.717, 1.165) is 41.4 Å². The number of amides is 1. The molecule has 2 aromatic rings. The van der Waals surface area contributed by atoms with Crippen LogP contribution in [0.3, 0.4) is 0 Å². The molecule has 2 N–H and O–H groups in total. The molecule has 1 saturated heterocycles. The summed E-state index contributed by atoms with van der Waals surface area (Å²) in [6, 6.07) is 8.34. The summed E-state index contributed by atoms with van der Waals surface area (Å²) in [7, 11) is 0.